The highest BCUT2D eigenvalue weighted by Crippen LogP contribution is 2.43. The van der Waals surface area contributed by atoms with Gasteiger partial charge in [0.15, 0.2) is 0 Å². The molecule has 1 aromatic carbocycles. The van der Waals surface area contributed by atoms with Crippen LogP contribution in [-0.2, 0) is 16.6 Å². The van der Waals surface area contributed by atoms with Gasteiger partial charge < -0.3 is 5.73 Å². The molecule has 1 aromatic heterocycles. The smallest absolute Gasteiger partial charge is 0.232 e. The second-order valence-corrected chi connectivity index (χ2v) is 5.18. The fourth-order valence-electron chi connectivity index (χ4n) is 3.10. The number of carbonyl (C=O) groups is 1. The first-order valence-electron chi connectivity index (χ1n) is 6.45. The van der Waals surface area contributed by atoms with Crippen LogP contribution in [0.4, 0.5) is 0 Å². The van der Waals surface area contributed by atoms with Crippen LogP contribution in [0.25, 0.3) is 0 Å². The lowest BCUT2D eigenvalue weighted by Gasteiger charge is -2.27. The van der Waals surface area contributed by atoms with E-state index in [4.69, 9.17) is 5.73 Å². The molecule has 0 radical (unpaired) electrons. The third-order valence-corrected chi connectivity index (χ3v) is 4.03. The number of carbonyl (C=O) groups excluding carboxylic acids is 1. The van der Waals surface area contributed by atoms with Crippen molar-refractivity contribution in [3.05, 3.63) is 65.0 Å². The molecule has 3 rings (SSSR count). The van der Waals surface area contributed by atoms with Crippen LogP contribution in [0, 0.1) is 6.92 Å². The first-order valence-corrected chi connectivity index (χ1v) is 6.45. The van der Waals surface area contributed by atoms with Gasteiger partial charge in [-0.1, -0.05) is 30.3 Å². The van der Waals surface area contributed by atoms with Crippen molar-refractivity contribution in [1.82, 2.24) is 4.98 Å². The molecule has 1 atom stereocenters. The van der Waals surface area contributed by atoms with Gasteiger partial charge in [0.25, 0.3) is 0 Å². The quantitative estimate of drug-likeness (QED) is 0.890. The zero-order valence-corrected chi connectivity index (χ0v) is 10.9. The molecule has 1 heterocycles. The molecule has 3 nitrogen and oxygen atoms in total. The SMILES string of the molecule is Cc1cncc(C2(C(N)=O)CCc3ccccc32)c1. The summed E-state index contributed by atoms with van der Waals surface area (Å²) in [6.45, 7) is 1.98. The summed E-state index contributed by atoms with van der Waals surface area (Å²) in [5.74, 6) is -0.287. The Balaban J connectivity index is 2.26. The van der Waals surface area contributed by atoms with Gasteiger partial charge in [0.1, 0.15) is 5.41 Å². The van der Waals surface area contributed by atoms with Gasteiger partial charge in [0.05, 0.1) is 0 Å². The van der Waals surface area contributed by atoms with E-state index in [2.05, 4.69) is 11.1 Å². The summed E-state index contributed by atoms with van der Waals surface area (Å²) in [5.41, 5.74) is 9.25. The number of benzene rings is 1. The molecule has 0 saturated heterocycles. The molecule has 0 bridgehead atoms. The average Bonchev–Trinajstić information content (AvgIpc) is 2.79. The van der Waals surface area contributed by atoms with Gasteiger partial charge in [-0.2, -0.15) is 0 Å². The maximum Gasteiger partial charge on any atom is 0.232 e. The van der Waals surface area contributed by atoms with Gasteiger partial charge in [-0.05, 0) is 42.0 Å². The molecule has 1 aliphatic carbocycles. The number of fused-ring (bicyclic) bond motifs is 1. The summed E-state index contributed by atoms with van der Waals surface area (Å²) in [6, 6.07) is 10.1. The van der Waals surface area contributed by atoms with Gasteiger partial charge >= 0.3 is 0 Å². The number of rotatable bonds is 2. The largest absolute Gasteiger partial charge is 0.369 e. The number of hydrogen-bond acceptors (Lipinski definition) is 2. The lowest BCUT2D eigenvalue weighted by Crippen LogP contribution is -2.40. The number of aryl methyl sites for hydroxylation is 2. The van der Waals surface area contributed by atoms with E-state index in [1.165, 1.54) is 5.56 Å². The normalized spacial score (nSPS) is 21.1. The van der Waals surface area contributed by atoms with Crippen LogP contribution in [0.5, 0.6) is 0 Å². The standard InChI is InChI=1S/C16H16N2O/c1-11-8-13(10-18-9-11)16(15(17)19)7-6-12-4-2-3-5-14(12)16/h2-5,8-10H,6-7H2,1H3,(H2,17,19). The Morgan fingerprint density at radius 2 is 2.11 bits per heavy atom. The Kier molecular flexibility index (Phi) is 2.63. The Morgan fingerprint density at radius 1 is 1.32 bits per heavy atom. The van der Waals surface area contributed by atoms with Gasteiger partial charge in [0.2, 0.25) is 5.91 Å². The Hall–Kier alpha value is -2.16. The van der Waals surface area contributed by atoms with Gasteiger partial charge in [-0.3, -0.25) is 9.78 Å². The van der Waals surface area contributed by atoms with E-state index < -0.39 is 5.41 Å². The van der Waals surface area contributed by atoms with Gasteiger partial charge in [-0.15, -0.1) is 0 Å². The van der Waals surface area contributed by atoms with Gasteiger partial charge in [-0.25, -0.2) is 0 Å². The van der Waals surface area contributed by atoms with Crippen LogP contribution in [0.1, 0.15) is 28.7 Å². The average molecular weight is 252 g/mol. The molecular formula is C16H16N2O. The lowest BCUT2D eigenvalue weighted by atomic mass is 9.75. The fourth-order valence-corrected chi connectivity index (χ4v) is 3.10. The molecule has 19 heavy (non-hydrogen) atoms. The summed E-state index contributed by atoms with van der Waals surface area (Å²) in [4.78, 5) is 16.4. The predicted molar refractivity (Wildman–Crippen MR) is 73.7 cm³/mol. The zero-order chi connectivity index (χ0) is 13.5. The molecule has 0 saturated carbocycles. The van der Waals surface area contributed by atoms with Crippen molar-refractivity contribution >= 4 is 5.91 Å². The molecule has 1 amide bonds. The molecule has 0 spiro atoms. The van der Waals surface area contributed by atoms with Crippen LogP contribution in [0.2, 0.25) is 0 Å². The van der Waals surface area contributed by atoms with Crippen LogP contribution < -0.4 is 5.73 Å². The second kappa shape index (κ2) is 4.19. The molecule has 2 aromatic rings. The third kappa shape index (κ3) is 1.65. The molecule has 0 fully saturated rings. The molecule has 1 unspecified atom stereocenters. The summed E-state index contributed by atoms with van der Waals surface area (Å²) < 4.78 is 0. The number of nitrogens with two attached hydrogens (primary N) is 1. The summed E-state index contributed by atoms with van der Waals surface area (Å²) in [5, 5.41) is 0. The molecular weight excluding hydrogens is 236 g/mol. The van der Waals surface area contributed by atoms with E-state index in [0.717, 1.165) is 29.5 Å². The second-order valence-electron chi connectivity index (χ2n) is 5.18. The van der Waals surface area contributed by atoms with E-state index in [-0.39, 0.29) is 5.91 Å². The number of nitrogens with zero attached hydrogens (tertiary/aromatic N) is 1. The van der Waals surface area contributed by atoms with Crippen molar-refractivity contribution in [3.8, 4) is 0 Å². The Labute approximate surface area is 112 Å². The van der Waals surface area contributed by atoms with Crippen molar-refractivity contribution in [2.75, 3.05) is 0 Å². The number of primary amides is 1. The minimum Gasteiger partial charge on any atom is -0.369 e. The summed E-state index contributed by atoms with van der Waals surface area (Å²) in [6.07, 6.45) is 5.17. The van der Waals surface area contributed by atoms with Crippen LogP contribution in [-0.4, -0.2) is 10.9 Å². The minimum absolute atomic E-state index is 0.287. The lowest BCUT2D eigenvalue weighted by molar-refractivity contribution is -0.122. The highest BCUT2D eigenvalue weighted by atomic mass is 16.1. The van der Waals surface area contributed by atoms with Gasteiger partial charge in [0, 0.05) is 12.4 Å². The summed E-state index contributed by atoms with van der Waals surface area (Å²) >= 11 is 0. The Morgan fingerprint density at radius 3 is 2.84 bits per heavy atom. The summed E-state index contributed by atoms with van der Waals surface area (Å²) in [7, 11) is 0. The van der Waals surface area contributed by atoms with E-state index in [1.54, 1.807) is 12.4 Å². The van der Waals surface area contributed by atoms with Crippen molar-refractivity contribution in [3.63, 3.8) is 0 Å². The maximum absolute atomic E-state index is 12.2. The van der Waals surface area contributed by atoms with E-state index in [1.807, 2.05) is 31.2 Å². The van der Waals surface area contributed by atoms with Crippen LogP contribution in [0.15, 0.2) is 42.7 Å². The highest BCUT2D eigenvalue weighted by molar-refractivity contribution is 5.92. The molecule has 0 aliphatic heterocycles. The zero-order valence-electron chi connectivity index (χ0n) is 10.9. The number of amides is 1. The van der Waals surface area contributed by atoms with E-state index in [0.29, 0.717) is 0 Å². The molecule has 1 aliphatic rings. The van der Waals surface area contributed by atoms with E-state index in [9.17, 15) is 4.79 Å². The topological polar surface area (TPSA) is 56.0 Å². The Bertz CT molecular complexity index is 651. The monoisotopic (exact) mass is 252 g/mol. The number of hydrogen-bond donors (Lipinski definition) is 1. The van der Waals surface area contributed by atoms with Crippen molar-refractivity contribution in [2.24, 2.45) is 5.73 Å². The van der Waals surface area contributed by atoms with Crippen LogP contribution in [0.3, 0.4) is 0 Å². The first-order chi connectivity index (χ1) is 9.14. The number of pyridine rings is 1. The van der Waals surface area contributed by atoms with Crippen molar-refractivity contribution in [1.29, 1.82) is 0 Å². The van der Waals surface area contributed by atoms with E-state index >= 15 is 0 Å². The fraction of sp³-hybridized carbons (Fsp3) is 0.250. The molecule has 96 valence electrons. The minimum atomic E-state index is -0.713. The third-order valence-electron chi connectivity index (χ3n) is 4.03. The predicted octanol–water partition coefficient (Wildman–Crippen LogP) is 2.11. The molecule has 2 N–H and O–H groups in total. The van der Waals surface area contributed by atoms with Crippen molar-refractivity contribution in [2.45, 2.75) is 25.2 Å². The highest BCUT2D eigenvalue weighted by Gasteiger charge is 2.45. The van der Waals surface area contributed by atoms with Crippen LogP contribution >= 0.6 is 0 Å². The number of aromatic nitrogens is 1. The molecule has 3 heteroatoms. The first kappa shape index (κ1) is 11.9. The maximum atomic E-state index is 12.2. The van der Waals surface area contributed by atoms with Crippen molar-refractivity contribution < 1.29 is 4.79 Å².